The summed E-state index contributed by atoms with van der Waals surface area (Å²) >= 11 is 6.31. The van der Waals surface area contributed by atoms with Gasteiger partial charge in [-0.2, -0.15) is 0 Å². The summed E-state index contributed by atoms with van der Waals surface area (Å²) in [4.78, 5) is 18.6. The SMILES string of the molecule is CC(CCC1CC1)Nc1ncc(C(=O)N2CCOCC2)cc1Cl. The molecule has 0 spiro atoms. The Labute approximate surface area is 142 Å². The van der Waals surface area contributed by atoms with Gasteiger partial charge in [-0.25, -0.2) is 4.98 Å². The van der Waals surface area contributed by atoms with Gasteiger partial charge in [-0.05, 0) is 31.7 Å². The standard InChI is InChI=1S/C17H24ClN3O2/c1-12(2-3-13-4-5-13)20-16-15(18)10-14(11-19-16)17(22)21-6-8-23-9-7-21/h10-13H,2-9H2,1H3,(H,19,20). The fraction of sp³-hybridized carbons (Fsp3) is 0.647. The van der Waals surface area contributed by atoms with Crippen LogP contribution >= 0.6 is 11.6 Å². The van der Waals surface area contributed by atoms with Crippen molar-refractivity contribution in [2.45, 2.75) is 38.6 Å². The van der Waals surface area contributed by atoms with Crippen molar-refractivity contribution < 1.29 is 9.53 Å². The molecule has 1 aliphatic heterocycles. The van der Waals surface area contributed by atoms with E-state index in [-0.39, 0.29) is 5.91 Å². The molecule has 23 heavy (non-hydrogen) atoms. The van der Waals surface area contributed by atoms with Crippen molar-refractivity contribution in [1.82, 2.24) is 9.88 Å². The average molecular weight is 338 g/mol. The summed E-state index contributed by atoms with van der Waals surface area (Å²) < 4.78 is 5.27. The Hall–Kier alpha value is -1.33. The predicted molar refractivity (Wildman–Crippen MR) is 91.0 cm³/mol. The Balaban J connectivity index is 1.59. The van der Waals surface area contributed by atoms with Gasteiger partial charge in [-0.1, -0.05) is 24.4 Å². The third kappa shape index (κ3) is 4.58. The maximum atomic E-state index is 12.4. The molecule has 1 aromatic heterocycles. The van der Waals surface area contributed by atoms with Crippen LogP contribution in [0.1, 0.15) is 43.0 Å². The number of ether oxygens (including phenoxy) is 1. The molecule has 0 bridgehead atoms. The van der Waals surface area contributed by atoms with E-state index in [1.54, 1.807) is 17.2 Å². The van der Waals surface area contributed by atoms with Crippen molar-refractivity contribution >= 4 is 23.3 Å². The molecular formula is C17H24ClN3O2. The molecule has 126 valence electrons. The van der Waals surface area contributed by atoms with E-state index < -0.39 is 0 Å². The Morgan fingerprint density at radius 1 is 1.48 bits per heavy atom. The first-order valence-electron chi connectivity index (χ1n) is 8.42. The number of pyridine rings is 1. The second-order valence-corrected chi connectivity index (χ2v) is 6.93. The van der Waals surface area contributed by atoms with Crippen molar-refractivity contribution in [1.29, 1.82) is 0 Å². The maximum Gasteiger partial charge on any atom is 0.255 e. The summed E-state index contributed by atoms with van der Waals surface area (Å²) in [6.45, 7) is 4.56. The Morgan fingerprint density at radius 3 is 2.87 bits per heavy atom. The van der Waals surface area contributed by atoms with Crippen molar-refractivity contribution in [3.05, 3.63) is 22.8 Å². The normalized spacial score (nSPS) is 19.5. The van der Waals surface area contributed by atoms with Crippen LogP contribution in [0.4, 0.5) is 5.82 Å². The number of amides is 1. The second-order valence-electron chi connectivity index (χ2n) is 6.53. The van der Waals surface area contributed by atoms with E-state index in [1.807, 2.05) is 0 Å². The molecule has 1 N–H and O–H groups in total. The van der Waals surface area contributed by atoms with Gasteiger partial charge >= 0.3 is 0 Å². The van der Waals surface area contributed by atoms with Crippen LogP contribution in [0, 0.1) is 5.92 Å². The van der Waals surface area contributed by atoms with E-state index >= 15 is 0 Å². The number of nitrogens with zero attached hydrogens (tertiary/aromatic N) is 2. The minimum absolute atomic E-state index is 0.0315. The molecule has 3 rings (SSSR count). The van der Waals surface area contributed by atoms with Crippen molar-refractivity contribution in [3.63, 3.8) is 0 Å². The van der Waals surface area contributed by atoms with Gasteiger partial charge in [0.1, 0.15) is 5.82 Å². The predicted octanol–water partition coefficient (Wildman–Crippen LogP) is 3.20. The Kier molecular flexibility index (Phi) is 5.38. The van der Waals surface area contributed by atoms with Crippen molar-refractivity contribution in [2.75, 3.05) is 31.6 Å². The zero-order valence-corrected chi connectivity index (χ0v) is 14.3. The lowest BCUT2D eigenvalue weighted by Crippen LogP contribution is -2.40. The van der Waals surface area contributed by atoms with Crippen LogP contribution in [-0.2, 0) is 4.74 Å². The monoisotopic (exact) mass is 337 g/mol. The Bertz CT molecular complexity index is 557. The van der Waals surface area contributed by atoms with Crippen LogP contribution in [0.15, 0.2) is 12.3 Å². The molecule has 1 saturated heterocycles. The van der Waals surface area contributed by atoms with Gasteiger partial charge in [-0.3, -0.25) is 4.79 Å². The fourth-order valence-electron chi connectivity index (χ4n) is 2.81. The fourth-order valence-corrected chi connectivity index (χ4v) is 3.03. The quantitative estimate of drug-likeness (QED) is 0.866. The summed E-state index contributed by atoms with van der Waals surface area (Å²) in [5, 5.41) is 3.85. The van der Waals surface area contributed by atoms with Crippen LogP contribution < -0.4 is 5.32 Å². The summed E-state index contributed by atoms with van der Waals surface area (Å²) in [7, 11) is 0. The first kappa shape index (κ1) is 16.5. The lowest BCUT2D eigenvalue weighted by atomic mass is 10.1. The third-order valence-electron chi connectivity index (χ3n) is 4.47. The number of carbonyl (C=O) groups excluding carboxylic acids is 1. The van der Waals surface area contributed by atoms with Crippen molar-refractivity contribution in [2.24, 2.45) is 5.92 Å². The first-order chi connectivity index (χ1) is 11.1. The minimum atomic E-state index is -0.0315. The first-order valence-corrected chi connectivity index (χ1v) is 8.80. The molecule has 1 amide bonds. The van der Waals surface area contributed by atoms with E-state index in [9.17, 15) is 4.79 Å². The van der Waals surface area contributed by atoms with Gasteiger partial charge in [0.15, 0.2) is 0 Å². The number of nitrogens with one attached hydrogen (secondary N) is 1. The van der Waals surface area contributed by atoms with E-state index in [1.165, 1.54) is 19.3 Å². The summed E-state index contributed by atoms with van der Waals surface area (Å²) in [6.07, 6.45) is 6.75. The molecule has 6 heteroatoms. The van der Waals surface area contributed by atoms with Gasteiger partial charge in [0.05, 0.1) is 23.8 Å². The highest BCUT2D eigenvalue weighted by Gasteiger charge is 2.22. The van der Waals surface area contributed by atoms with Gasteiger partial charge in [0.25, 0.3) is 5.91 Å². The number of anilines is 1. The second kappa shape index (κ2) is 7.49. The third-order valence-corrected chi connectivity index (χ3v) is 4.76. The lowest BCUT2D eigenvalue weighted by molar-refractivity contribution is 0.0302. The number of hydrogen-bond acceptors (Lipinski definition) is 4. The number of morpholine rings is 1. The molecule has 1 aliphatic carbocycles. The molecule has 1 atom stereocenters. The topological polar surface area (TPSA) is 54.5 Å². The summed E-state index contributed by atoms with van der Waals surface area (Å²) in [5.41, 5.74) is 0.535. The molecule has 1 saturated carbocycles. The molecular weight excluding hydrogens is 314 g/mol. The number of hydrogen-bond donors (Lipinski definition) is 1. The number of rotatable bonds is 6. The number of carbonyl (C=O) groups is 1. The zero-order valence-electron chi connectivity index (χ0n) is 13.6. The maximum absolute atomic E-state index is 12.4. The zero-order chi connectivity index (χ0) is 16.2. The lowest BCUT2D eigenvalue weighted by Gasteiger charge is -2.27. The Morgan fingerprint density at radius 2 is 2.22 bits per heavy atom. The van der Waals surface area contributed by atoms with Crippen LogP contribution in [-0.4, -0.2) is 48.1 Å². The van der Waals surface area contributed by atoms with Gasteiger partial charge in [0, 0.05) is 25.3 Å². The summed E-state index contributed by atoms with van der Waals surface area (Å²) in [5.74, 6) is 1.56. The largest absolute Gasteiger partial charge is 0.378 e. The minimum Gasteiger partial charge on any atom is -0.378 e. The molecule has 2 fully saturated rings. The van der Waals surface area contributed by atoms with E-state index in [2.05, 4.69) is 17.2 Å². The number of aromatic nitrogens is 1. The van der Waals surface area contributed by atoms with Crippen LogP contribution in [0.3, 0.4) is 0 Å². The van der Waals surface area contributed by atoms with E-state index in [0.29, 0.717) is 48.7 Å². The van der Waals surface area contributed by atoms with Crippen LogP contribution in [0.5, 0.6) is 0 Å². The van der Waals surface area contributed by atoms with Gasteiger partial charge in [-0.15, -0.1) is 0 Å². The van der Waals surface area contributed by atoms with Crippen molar-refractivity contribution in [3.8, 4) is 0 Å². The molecule has 0 radical (unpaired) electrons. The molecule has 1 aromatic rings. The molecule has 2 aliphatic rings. The number of halogens is 1. The highest BCUT2D eigenvalue weighted by Crippen LogP contribution is 2.34. The summed E-state index contributed by atoms with van der Waals surface area (Å²) in [6, 6.07) is 2.05. The molecule has 2 heterocycles. The van der Waals surface area contributed by atoms with Gasteiger partial charge < -0.3 is 15.0 Å². The van der Waals surface area contributed by atoms with Crippen LogP contribution in [0.2, 0.25) is 5.02 Å². The highest BCUT2D eigenvalue weighted by molar-refractivity contribution is 6.33. The molecule has 0 aromatic carbocycles. The smallest absolute Gasteiger partial charge is 0.255 e. The average Bonchev–Trinajstić information content (AvgIpc) is 3.39. The molecule has 1 unspecified atom stereocenters. The molecule has 5 nitrogen and oxygen atoms in total. The van der Waals surface area contributed by atoms with E-state index in [4.69, 9.17) is 16.3 Å². The van der Waals surface area contributed by atoms with Gasteiger partial charge in [0.2, 0.25) is 0 Å². The van der Waals surface area contributed by atoms with E-state index in [0.717, 1.165) is 12.3 Å². The highest BCUT2D eigenvalue weighted by atomic mass is 35.5. The van der Waals surface area contributed by atoms with Crippen LogP contribution in [0.25, 0.3) is 0 Å².